The summed E-state index contributed by atoms with van der Waals surface area (Å²) < 4.78 is 12.9. The molecular formula is C21H21ClN4O4. The van der Waals surface area contributed by atoms with Crippen LogP contribution in [0.4, 0.5) is 4.79 Å². The Hall–Kier alpha value is -3.26. The van der Waals surface area contributed by atoms with Crippen LogP contribution in [0.15, 0.2) is 65.8 Å². The van der Waals surface area contributed by atoms with E-state index in [1.54, 1.807) is 46.6 Å². The van der Waals surface area contributed by atoms with Gasteiger partial charge in [-0.15, -0.1) is 0 Å². The van der Waals surface area contributed by atoms with Crippen molar-refractivity contribution in [3.05, 3.63) is 77.7 Å². The van der Waals surface area contributed by atoms with Gasteiger partial charge in [-0.2, -0.15) is 0 Å². The van der Waals surface area contributed by atoms with Gasteiger partial charge < -0.3 is 23.5 Å². The number of hydrogen-bond donors (Lipinski definition) is 0. The number of furan rings is 1. The Bertz CT molecular complexity index is 965. The van der Waals surface area contributed by atoms with E-state index in [1.807, 2.05) is 22.9 Å². The summed E-state index contributed by atoms with van der Waals surface area (Å²) >= 11 is 5.99. The molecule has 156 valence electrons. The fourth-order valence-electron chi connectivity index (χ4n) is 3.32. The highest BCUT2D eigenvalue weighted by atomic mass is 35.5. The number of piperazine rings is 1. The first-order valence-corrected chi connectivity index (χ1v) is 9.97. The topological polar surface area (TPSA) is 80.8 Å². The van der Waals surface area contributed by atoms with Crippen LogP contribution < -0.4 is 0 Å². The molecule has 2 amide bonds. The van der Waals surface area contributed by atoms with E-state index >= 15 is 0 Å². The van der Waals surface area contributed by atoms with Gasteiger partial charge in [-0.3, -0.25) is 4.79 Å². The number of nitrogens with zero attached hydrogens (tertiary/aromatic N) is 4. The van der Waals surface area contributed by atoms with Crippen molar-refractivity contribution in [2.45, 2.75) is 12.6 Å². The van der Waals surface area contributed by atoms with E-state index < -0.39 is 12.2 Å². The zero-order valence-corrected chi connectivity index (χ0v) is 16.9. The average molecular weight is 429 g/mol. The van der Waals surface area contributed by atoms with Gasteiger partial charge in [0, 0.05) is 43.6 Å². The maximum atomic E-state index is 12.8. The number of benzene rings is 1. The van der Waals surface area contributed by atoms with E-state index in [4.69, 9.17) is 20.8 Å². The lowest BCUT2D eigenvalue weighted by Gasteiger charge is -2.34. The number of carbonyl (C=O) groups is 2. The van der Waals surface area contributed by atoms with Crippen molar-refractivity contribution in [2.75, 3.05) is 26.2 Å². The van der Waals surface area contributed by atoms with Gasteiger partial charge in [0.05, 0.1) is 19.1 Å². The molecule has 1 aliphatic rings. The quantitative estimate of drug-likeness (QED) is 0.621. The predicted octanol–water partition coefficient (Wildman–Crippen LogP) is 3.47. The van der Waals surface area contributed by atoms with Crippen LogP contribution in [0.5, 0.6) is 0 Å². The van der Waals surface area contributed by atoms with E-state index in [9.17, 15) is 9.59 Å². The van der Waals surface area contributed by atoms with Crippen molar-refractivity contribution in [3.63, 3.8) is 0 Å². The zero-order chi connectivity index (χ0) is 20.9. The molecule has 0 unspecified atom stereocenters. The normalized spacial score (nSPS) is 15.1. The summed E-state index contributed by atoms with van der Waals surface area (Å²) in [6, 6.07) is 10.5. The van der Waals surface area contributed by atoms with Crippen LogP contribution in [0.3, 0.4) is 0 Å². The minimum atomic E-state index is -0.494. The molecule has 0 radical (unpaired) electrons. The highest BCUT2D eigenvalue weighted by Gasteiger charge is 2.28. The number of carbonyl (C=O) groups excluding carboxylic acids is 2. The predicted molar refractivity (Wildman–Crippen MR) is 109 cm³/mol. The van der Waals surface area contributed by atoms with Crippen LogP contribution in [-0.2, 0) is 11.3 Å². The molecule has 3 aromatic rings. The smallest absolute Gasteiger partial charge is 0.410 e. The van der Waals surface area contributed by atoms with E-state index in [1.165, 1.54) is 6.26 Å². The molecule has 8 nitrogen and oxygen atoms in total. The largest absolute Gasteiger partial charge is 0.459 e. The molecule has 1 saturated heterocycles. The van der Waals surface area contributed by atoms with Crippen molar-refractivity contribution < 1.29 is 18.7 Å². The minimum absolute atomic E-state index is 0.174. The average Bonchev–Trinajstić information content (AvgIpc) is 3.48. The summed E-state index contributed by atoms with van der Waals surface area (Å²) in [5.74, 6) is 0.126. The summed E-state index contributed by atoms with van der Waals surface area (Å²) in [5, 5.41) is 0.615. The number of ether oxygens (including phenoxy) is 1. The molecule has 1 aromatic carbocycles. The van der Waals surface area contributed by atoms with Crippen LogP contribution in [0.25, 0.3) is 0 Å². The Morgan fingerprint density at radius 2 is 1.83 bits per heavy atom. The van der Waals surface area contributed by atoms with E-state index in [-0.39, 0.29) is 5.91 Å². The third-order valence-electron chi connectivity index (χ3n) is 4.98. The molecule has 3 heterocycles. The van der Waals surface area contributed by atoms with Crippen molar-refractivity contribution >= 4 is 23.6 Å². The molecule has 4 rings (SSSR count). The second kappa shape index (κ2) is 9.04. The van der Waals surface area contributed by atoms with Crippen LogP contribution in [0, 0.1) is 0 Å². The Labute approximate surface area is 178 Å². The summed E-state index contributed by atoms with van der Waals surface area (Å²) in [6.07, 6.45) is 5.73. The molecule has 2 aromatic heterocycles. The second-order valence-electron chi connectivity index (χ2n) is 6.94. The summed E-state index contributed by atoms with van der Waals surface area (Å²) in [5.41, 5.74) is 0.841. The zero-order valence-electron chi connectivity index (χ0n) is 16.2. The summed E-state index contributed by atoms with van der Waals surface area (Å²) in [7, 11) is 0. The molecule has 0 N–H and O–H groups in total. The highest BCUT2D eigenvalue weighted by molar-refractivity contribution is 6.30. The maximum Gasteiger partial charge on any atom is 0.410 e. The Morgan fingerprint density at radius 3 is 2.47 bits per heavy atom. The first kappa shape index (κ1) is 20.0. The number of aromatic nitrogens is 2. The lowest BCUT2D eigenvalue weighted by Crippen LogP contribution is -2.50. The first-order valence-electron chi connectivity index (χ1n) is 9.59. The maximum absolute atomic E-state index is 12.8. The Morgan fingerprint density at radius 1 is 1.10 bits per heavy atom. The van der Waals surface area contributed by atoms with E-state index in [0.29, 0.717) is 43.5 Å². The Kier molecular flexibility index (Phi) is 6.04. The van der Waals surface area contributed by atoms with Crippen LogP contribution >= 0.6 is 11.6 Å². The fourth-order valence-corrected chi connectivity index (χ4v) is 3.44. The van der Waals surface area contributed by atoms with Crippen LogP contribution in [0.1, 0.15) is 22.2 Å². The lowest BCUT2D eigenvalue weighted by molar-refractivity contribution is 0.0349. The summed E-state index contributed by atoms with van der Waals surface area (Å²) in [4.78, 5) is 32.5. The number of rotatable bonds is 5. The molecule has 9 heteroatoms. The van der Waals surface area contributed by atoms with E-state index in [2.05, 4.69) is 4.98 Å². The second-order valence-corrected chi connectivity index (χ2v) is 7.38. The molecule has 0 saturated carbocycles. The molecule has 1 atom stereocenters. The van der Waals surface area contributed by atoms with E-state index in [0.717, 1.165) is 5.56 Å². The van der Waals surface area contributed by atoms with Gasteiger partial charge in [0.2, 0.25) is 0 Å². The molecule has 0 spiro atoms. The summed E-state index contributed by atoms with van der Waals surface area (Å²) in [6.45, 7) is 2.06. The fraction of sp³-hybridized carbons (Fsp3) is 0.286. The Balaban J connectivity index is 1.39. The van der Waals surface area contributed by atoms with Gasteiger partial charge in [0.1, 0.15) is 6.10 Å². The van der Waals surface area contributed by atoms with Gasteiger partial charge in [-0.05, 0) is 29.8 Å². The van der Waals surface area contributed by atoms with Crippen LogP contribution in [-0.4, -0.2) is 57.5 Å². The molecular weight excluding hydrogens is 408 g/mol. The number of amides is 2. The van der Waals surface area contributed by atoms with Crippen molar-refractivity contribution in [1.29, 1.82) is 0 Å². The van der Waals surface area contributed by atoms with Gasteiger partial charge in [-0.25, -0.2) is 9.78 Å². The molecule has 1 fully saturated rings. The molecule has 1 aliphatic heterocycles. The monoisotopic (exact) mass is 428 g/mol. The van der Waals surface area contributed by atoms with Gasteiger partial charge in [0.25, 0.3) is 5.91 Å². The molecule has 30 heavy (non-hydrogen) atoms. The molecule has 0 bridgehead atoms. The lowest BCUT2D eigenvalue weighted by atomic mass is 10.1. The number of hydrogen-bond acceptors (Lipinski definition) is 5. The molecule has 0 aliphatic carbocycles. The third-order valence-corrected chi connectivity index (χ3v) is 5.23. The number of imidazole rings is 1. The van der Waals surface area contributed by atoms with Crippen molar-refractivity contribution in [3.8, 4) is 0 Å². The van der Waals surface area contributed by atoms with Crippen LogP contribution in [0.2, 0.25) is 5.02 Å². The van der Waals surface area contributed by atoms with Gasteiger partial charge in [0.15, 0.2) is 5.76 Å². The first-order chi connectivity index (χ1) is 14.6. The van der Waals surface area contributed by atoms with Gasteiger partial charge in [-0.1, -0.05) is 23.7 Å². The number of halogens is 1. The van der Waals surface area contributed by atoms with Crippen molar-refractivity contribution in [2.24, 2.45) is 0 Å². The third kappa shape index (κ3) is 4.65. The van der Waals surface area contributed by atoms with Crippen molar-refractivity contribution in [1.82, 2.24) is 19.4 Å². The highest BCUT2D eigenvalue weighted by Crippen LogP contribution is 2.23. The SMILES string of the molecule is O=C(O[C@H](Cn1ccnc1)c1ccc(Cl)cc1)N1CCN(C(=O)c2ccco2)CC1. The standard InChI is InChI=1S/C21H21ClN4O4/c22-17-5-3-16(4-6-17)19(14-24-8-7-23-15-24)30-21(28)26-11-9-25(10-12-26)20(27)18-2-1-13-29-18/h1-8,13,15,19H,9-12,14H2/t19-/m1/s1. The minimum Gasteiger partial charge on any atom is -0.459 e. The van der Waals surface area contributed by atoms with Gasteiger partial charge >= 0.3 is 6.09 Å².